The largest absolute Gasteiger partial charge is 0.497 e. The first kappa shape index (κ1) is 29.1. The molecule has 32 heavy (non-hydrogen) atoms. The van der Waals surface area contributed by atoms with E-state index in [-0.39, 0.29) is 12.4 Å². The molecule has 0 unspecified atom stereocenters. The average molecular weight is 446 g/mol. The standard InChI is InChI=1S/C19H23N3O3.C4H10O.C2H6/c1-12-16(9-18(23)25-4)13(2)22-19(17(12)10-20)21-11-14-5-7-15(24-3)8-6-14;1-4(2,3)5;1-2/h5-8,10,20H,9,11H2,1-4H3,(H,21,22);5H,1-3H3;1-2H3. The number of methoxy groups -OCH3 is 2. The molecule has 0 fully saturated rings. The van der Waals surface area contributed by atoms with Gasteiger partial charge in [0.15, 0.2) is 0 Å². The summed E-state index contributed by atoms with van der Waals surface area (Å²) in [5, 5.41) is 19.5. The smallest absolute Gasteiger partial charge is 0.310 e. The summed E-state index contributed by atoms with van der Waals surface area (Å²) in [7, 11) is 3.00. The Bertz CT molecular complexity index is 851. The van der Waals surface area contributed by atoms with Crippen molar-refractivity contribution in [3.8, 4) is 5.75 Å². The van der Waals surface area contributed by atoms with Gasteiger partial charge in [0.2, 0.25) is 0 Å². The summed E-state index contributed by atoms with van der Waals surface area (Å²) in [6.45, 7) is 13.6. The van der Waals surface area contributed by atoms with Crippen molar-refractivity contribution >= 4 is 18.0 Å². The molecule has 0 amide bonds. The van der Waals surface area contributed by atoms with Crippen LogP contribution in [0, 0.1) is 19.3 Å². The summed E-state index contributed by atoms with van der Waals surface area (Å²) >= 11 is 0. The Kier molecular flexibility index (Phi) is 12.9. The first-order valence-electron chi connectivity index (χ1n) is 10.7. The maximum atomic E-state index is 11.6. The SMILES string of the molecule is CC.CC(C)(C)O.COC(=O)Cc1c(C)nc(NCc2ccc(OC)cc2)c(C=N)c1C. The van der Waals surface area contributed by atoms with Crippen molar-refractivity contribution in [1.29, 1.82) is 5.41 Å². The Morgan fingerprint density at radius 3 is 2.12 bits per heavy atom. The van der Waals surface area contributed by atoms with Crippen LogP contribution in [0.25, 0.3) is 0 Å². The molecule has 0 saturated carbocycles. The highest BCUT2D eigenvalue weighted by Gasteiger charge is 2.16. The van der Waals surface area contributed by atoms with Crippen molar-refractivity contribution in [1.82, 2.24) is 4.98 Å². The topological polar surface area (TPSA) is 105 Å². The summed E-state index contributed by atoms with van der Waals surface area (Å²) in [6.07, 6.45) is 1.42. The minimum atomic E-state index is -0.500. The van der Waals surface area contributed by atoms with E-state index in [0.717, 1.165) is 28.1 Å². The number of carbonyl (C=O) groups excluding carboxylic acids is 1. The Balaban J connectivity index is 0.00000121. The van der Waals surface area contributed by atoms with Gasteiger partial charge in [0, 0.05) is 24.0 Å². The number of aryl methyl sites for hydroxylation is 1. The third-order valence-corrected chi connectivity index (χ3v) is 4.14. The monoisotopic (exact) mass is 445 g/mol. The van der Waals surface area contributed by atoms with Crippen LogP contribution in [0.4, 0.5) is 5.82 Å². The number of esters is 1. The first-order chi connectivity index (χ1) is 15.0. The number of benzene rings is 1. The van der Waals surface area contributed by atoms with Crippen molar-refractivity contribution in [2.24, 2.45) is 0 Å². The molecule has 0 saturated heterocycles. The van der Waals surface area contributed by atoms with Crippen LogP contribution in [0.15, 0.2) is 24.3 Å². The van der Waals surface area contributed by atoms with Crippen LogP contribution in [-0.2, 0) is 22.5 Å². The number of rotatable bonds is 7. The number of hydrogen-bond donors (Lipinski definition) is 3. The van der Waals surface area contributed by atoms with E-state index >= 15 is 0 Å². The maximum absolute atomic E-state index is 11.6. The lowest BCUT2D eigenvalue weighted by Gasteiger charge is -2.16. The molecule has 2 rings (SSSR count). The fourth-order valence-electron chi connectivity index (χ4n) is 2.62. The van der Waals surface area contributed by atoms with Crippen LogP contribution in [-0.4, -0.2) is 42.1 Å². The highest BCUT2D eigenvalue weighted by Crippen LogP contribution is 2.23. The second-order valence-corrected chi connectivity index (χ2v) is 7.83. The summed E-state index contributed by atoms with van der Waals surface area (Å²) in [4.78, 5) is 16.1. The molecule has 3 N–H and O–H groups in total. The zero-order valence-corrected chi connectivity index (χ0v) is 20.9. The fraction of sp³-hybridized carbons (Fsp3) is 0.480. The van der Waals surface area contributed by atoms with Gasteiger partial charge in [0.05, 0.1) is 26.2 Å². The quantitative estimate of drug-likeness (QED) is 0.416. The zero-order valence-electron chi connectivity index (χ0n) is 20.9. The van der Waals surface area contributed by atoms with E-state index in [2.05, 4.69) is 10.3 Å². The molecule has 0 spiro atoms. The molecule has 0 atom stereocenters. The van der Waals surface area contributed by atoms with Crippen LogP contribution in [0.2, 0.25) is 0 Å². The van der Waals surface area contributed by atoms with Crippen LogP contribution in [0.3, 0.4) is 0 Å². The minimum absolute atomic E-state index is 0.154. The highest BCUT2D eigenvalue weighted by molar-refractivity contribution is 5.88. The Hall–Kier alpha value is -2.93. The molecule has 0 radical (unpaired) electrons. The van der Waals surface area contributed by atoms with E-state index in [1.165, 1.54) is 13.3 Å². The van der Waals surface area contributed by atoms with Crippen molar-refractivity contribution in [2.45, 2.75) is 67.0 Å². The van der Waals surface area contributed by atoms with Crippen LogP contribution < -0.4 is 10.1 Å². The highest BCUT2D eigenvalue weighted by atomic mass is 16.5. The van der Waals surface area contributed by atoms with E-state index in [9.17, 15) is 4.79 Å². The first-order valence-corrected chi connectivity index (χ1v) is 10.7. The van der Waals surface area contributed by atoms with Gasteiger partial charge in [-0.1, -0.05) is 26.0 Å². The number of pyridine rings is 1. The number of nitrogens with one attached hydrogen (secondary N) is 2. The summed E-state index contributed by atoms with van der Waals surface area (Å²) in [6, 6.07) is 7.75. The van der Waals surface area contributed by atoms with Gasteiger partial charge >= 0.3 is 5.97 Å². The number of hydrogen-bond acceptors (Lipinski definition) is 7. The number of carbonyl (C=O) groups is 1. The second-order valence-electron chi connectivity index (χ2n) is 7.83. The van der Waals surface area contributed by atoms with E-state index in [1.54, 1.807) is 27.9 Å². The van der Waals surface area contributed by atoms with Gasteiger partial charge in [0.25, 0.3) is 0 Å². The molecule has 1 aromatic heterocycles. The van der Waals surface area contributed by atoms with Gasteiger partial charge in [-0.05, 0) is 63.4 Å². The molecule has 0 aliphatic heterocycles. The summed E-state index contributed by atoms with van der Waals surface area (Å²) in [5.74, 6) is 1.12. The Morgan fingerprint density at radius 2 is 1.69 bits per heavy atom. The predicted molar refractivity (Wildman–Crippen MR) is 131 cm³/mol. The van der Waals surface area contributed by atoms with Gasteiger partial charge in [-0.2, -0.15) is 0 Å². The summed E-state index contributed by atoms with van der Waals surface area (Å²) < 4.78 is 9.90. The van der Waals surface area contributed by atoms with Crippen LogP contribution >= 0.6 is 0 Å². The molecule has 7 heteroatoms. The van der Waals surface area contributed by atoms with Crippen molar-refractivity contribution in [2.75, 3.05) is 19.5 Å². The third-order valence-electron chi connectivity index (χ3n) is 4.14. The van der Waals surface area contributed by atoms with Gasteiger partial charge in [0.1, 0.15) is 11.6 Å². The molecule has 0 aliphatic rings. The van der Waals surface area contributed by atoms with Gasteiger partial charge in [-0.3, -0.25) is 4.79 Å². The lowest BCUT2D eigenvalue weighted by Crippen LogP contribution is -2.13. The lowest BCUT2D eigenvalue weighted by molar-refractivity contribution is -0.139. The molecule has 2 aromatic rings. The van der Waals surface area contributed by atoms with Crippen molar-refractivity contribution in [3.05, 3.63) is 52.2 Å². The number of aromatic nitrogens is 1. The van der Waals surface area contributed by atoms with Crippen LogP contribution in [0.1, 0.15) is 62.6 Å². The number of aliphatic hydroxyl groups is 1. The fourth-order valence-corrected chi connectivity index (χ4v) is 2.62. The zero-order chi connectivity index (χ0) is 24.9. The van der Waals surface area contributed by atoms with E-state index < -0.39 is 5.60 Å². The molecule has 0 aliphatic carbocycles. The van der Waals surface area contributed by atoms with Crippen LogP contribution in [0.5, 0.6) is 5.75 Å². The molecule has 1 aromatic carbocycles. The van der Waals surface area contributed by atoms with E-state index in [1.807, 2.05) is 52.0 Å². The predicted octanol–water partition coefficient (Wildman–Crippen LogP) is 4.84. The molecule has 7 nitrogen and oxygen atoms in total. The van der Waals surface area contributed by atoms with Gasteiger partial charge in [-0.25, -0.2) is 4.98 Å². The Labute approximate surface area is 192 Å². The molecule has 178 valence electrons. The second kappa shape index (κ2) is 14.2. The van der Waals surface area contributed by atoms with E-state index in [4.69, 9.17) is 20.0 Å². The average Bonchev–Trinajstić information content (AvgIpc) is 2.75. The lowest BCUT2D eigenvalue weighted by atomic mass is 9.99. The van der Waals surface area contributed by atoms with Crippen molar-refractivity contribution in [3.63, 3.8) is 0 Å². The molecular weight excluding hydrogens is 406 g/mol. The molecular formula is C25H39N3O4. The number of ether oxygens (including phenoxy) is 2. The Morgan fingerprint density at radius 1 is 1.16 bits per heavy atom. The van der Waals surface area contributed by atoms with Crippen molar-refractivity contribution < 1.29 is 19.4 Å². The molecule has 1 heterocycles. The third kappa shape index (κ3) is 10.4. The number of nitrogens with zero attached hydrogens (tertiary/aromatic N) is 1. The van der Waals surface area contributed by atoms with Gasteiger partial charge in [-0.15, -0.1) is 0 Å². The minimum Gasteiger partial charge on any atom is -0.497 e. The van der Waals surface area contributed by atoms with Gasteiger partial charge < -0.3 is 25.3 Å². The maximum Gasteiger partial charge on any atom is 0.310 e. The number of anilines is 1. The van der Waals surface area contributed by atoms with E-state index in [0.29, 0.717) is 17.9 Å². The normalized spacial score (nSPS) is 10.1. The molecule has 0 bridgehead atoms. The summed E-state index contributed by atoms with van der Waals surface area (Å²) in [5.41, 5.74) is 3.68.